The summed E-state index contributed by atoms with van der Waals surface area (Å²) in [6.07, 6.45) is 1.51. The van der Waals surface area contributed by atoms with Crippen LogP contribution in [-0.4, -0.2) is 47.1 Å². The molecule has 2 aromatic heterocycles. The average molecular weight is 393 g/mol. The van der Waals surface area contributed by atoms with Crippen molar-refractivity contribution in [1.82, 2.24) is 20.2 Å². The van der Waals surface area contributed by atoms with Crippen molar-refractivity contribution in [2.24, 2.45) is 0 Å². The van der Waals surface area contributed by atoms with Gasteiger partial charge in [-0.25, -0.2) is 14.8 Å². The minimum atomic E-state index is -0.0447. The minimum absolute atomic E-state index is 0.0447. The van der Waals surface area contributed by atoms with Crippen LogP contribution in [0.4, 0.5) is 10.7 Å². The Hall–Kier alpha value is -2.18. The number of nitriles is 1. The van der Waals surface area contributed by atoms with E-state index in [4.69, 9.17) is 0 Å². The van der Waals surface area contributed by atoms with E-state index in [-0.39, 0.29) is 6.03 Å². The Morgan fingerprint density at radius 2 is 2.39 bits per heavy atom. The topological polar surface area (TPSA) is 93.9 Å². The molecular formula is C14H13BrN6OS. The Labute approximate surface area is 145 Å². The van der Waals surface area contributed by atoms with Crippen molar-refractivity contribution < 1.29 is 4.79 Å². The lowest BCUT2D eigenvalue weighted by molar-refractivity contribution is 0.219. The number of halogens is 1. The highest BCUT2D eigenvalue weighted by molar-refractivity contribution is 9.11. The van der Waals surface area contributed by atoms with E-state index in [1.165, 1.54) is 17.5 Å². The first-order valence-corrected chi connectivity index (χ1v) is 8.58. The van der Waals surface area contributed by atoms with Crippen LogP contribution in [0.5, 0.6) is 0 Å². The molecule has 0 saturated carbocycles. The molecule has 1 fully saturated rings. The van der Waals surface area contributed by atoms with E-state index in [0.717, 1.165) is 8.66 Å². The van der Waals surface area contributed by atoms with Crippen LogP contribution in [0, 0.1) is 11.3 Å². The Morgan fingerprint density at radius 3 is 3.04 bits per heavy atom. The van der Waals surface area contributed by atoms with E-state index < -0.39 is 0 Å². The lowest BCUT2D eigenvalue weighted by atomic mass is 10.2. The molecule has 3 rings (SSSR count). The van der Waals surface area contributed by atoms with Crippen LogP contribution in [0.3, 0.4) is 0 Å². The number of nitrogens with zero attached hydrogens (tertiary/aromatic N) is 4. The van der Waals surface area contributed by atoms with Gasteiger partial charge in [-0.2, -0.15) is 5.26 Å². The number of amides is 2. The maximum atomic E-state index is 11.5. The molecule has 1 aliphatic heterocycles. The summed E-state index contributed by atoms with van der Waals surface area (Å²) >= 11 is 4.92. The van der Waals surface area contributed by atoms with Gasteiger partial charge in [-0.15, -0.1) is 11.3 Å². The number of thiophene rings is 1. The zero-order chi connectivity index (χ0) is 16.2. The summed E-state index contributed by atoms with van der Waals surface area (Å²) < 4.78 is 0.976. The number of carbonyl (C=O) groups excluding carboxylic acids is 1. The first-order chi connectivity index (χ1) is 11.2. The number of hydrogen-bond acceptors (Lipinski definition) is 6. The summed E-state index contributed by atoms with van der Waals surface area (Å²) in [6.45, 7) is 2.52. The fraction of sp³-hybridized carbons (Fsp3) is 0.286. The highest BCUT2D eigenvalue weighted by Gasteiger charge is 2.18. The second-order valence-corrected chi connectivity index (χ2v) is 7.28. The monoisotopic (exact) mass is 392 g/mol. The average Bonchev–Trinajstić information content (AvgIpc) is 3.16. The smallest absolute Gasteiger partial charge is 0.317 e. The van der Waals surface area contributed by atoms with Crippen LogP contribution in [0.2, 0.25) is 0 Å². The SMILES string of the molecule is N#Cc1cnc(NCCN2CCNC2=O)nc1-c1ccc(Br)s1. The number of nitrogens with one attached hydrogen (secondary N) is 2. The van der Waals surface area contributed by atoms with Crippen LogP contribution < -0.4 is 10.6 Å². The maximum absolute atomic E-state index is 11.5. The number of aromatic nitrogens is 2. The van der Waals surface area contributed by atoms with Gasteiger partial charge >= 0.3 is 6.03 Å². The van der Waals surface area contributed by atoms with Crippen molar-refractivity contribution in [3.05, 3.63) is 27.7 Å². The quantitative estimate of drug-likeness (QED) is 0.813. The summed E-state index contributed by atoms with van der Waals surface area (Å²) in [6, 6.07) is 5.90. The predicted molar refractivity (Wildman–Crippen MR) is 91.2 cm³/mol. The van der Waals surface area contributed by atoms with Crippen molar-refractivity contribution >= 4 is 39.2 Å². The first-order valence-electron chi connectivity index (χ1n) is 6.97. The van der Waals surface area contributed by atoms with Crippen LogP contribution in [-0.2, 0) is 0 Å². The van der Waals surface area contributed by atoms with E-state index in [2.05, 4.69) is 42.6 Å². The van der Waals surface area contributed by atoms with Gasteiger partial charge in [0, 0.05) is 26.2 Å². The fourth-order valence-electron chi connectivity index (χ4n) is 2.21. The van der Waals surface area contributed by atoms with Crippen LogP contribution in [0.15, 0.2) is 22.1 Å². The second kappa shape index (κ2) is 6.93. The van der Waals surface area contributed by atoms with Crippen molar-refractivity contribution in [2.45, 2.75) is 0 Å². The third-order valence-electron chi connectivity index (χ3n) is 3.33. The Morgan fingerprint density at radius 1 is 1.52 bits per heavy atom. The molecule has 118 valence electrons. The van der Waals surface area contributed by atoms with Crippen molar-refractivity contribution in [3.8, 4) is 16.6 Å². The summed E-state index contributed by atoms with van der Waals surface area (Å²) in [4.78, 5) is 22.7. The lowest BCUT2D eigenvalue weighted by Crippen LogP contribution is -2.32. The van der Waals surface area contributed by atoms with Gasteiger partial charge in [-0.05, 0) is 28.1 Å². The fourth-order valence-corrected chi connectivity index (χ4v) is 3.60. The Bertz CT molecular complexity index is 771. The third-order valence-corrected chi connectivity index (χ3v) is 4.96. The zero-order valence-electron chi connectivity index (χ0n) is 12.0. The summed E-state index contributed by atoms with van der Waals surface area (Å²) in [5, 5.41) is 15.1. The standard InChI is InChI=1S/C14H13BrN6OS/c15-11-2-1-10(23-11)12-9(7-16)8-19-13(20-12)17-3-5-21-6-4-18-14(21)22/h1-2,8H,3-6H2,(H,18,22)(H,17,19,20). The van der Waals surface area contributed by atoms with Gasteiger partial charge in [-0.3, -0.25) is 0 Å². The first kappa shape index (κ1) is 15.7. The van der Waals surface area contributed by atoms with Gasteiger partial charge in [0.1, 0.15) is 11.8 Å². The summed E-state index contributed by atoms with van der Waals surface area (Å²) in [5.74, 6) is 0.447. The molecule has 0 spiro atoms. The molecule has 2 amide bonds. The van der Waals surface area contributed by atoms with Gasteiger partial charge in [0.2, 0.25) is 5.95 Å². The van der Waals surface area contributed by atoms with Gasteiger partial charge in [0.15, 0.2) is 0 Å². The second-order valence-electron chi connectivity index (χ2n) is 4.82. The third kappa shape index (κ3) is 3.60. The van der Waals surface area contributed by atoms with E-state index in [1.54, 1.807) is 4.90 Å². The lowest BCUT2D eigenvalue weighted by Gasteiger charge is -2.14. The van der Waals surface area contributed by atoms with Gasteiger partial charge < -0.3 is 15.5 Å². The number of hydrogen-bond donors (Lipinski definition) is 2. The molecule has 0 unspecified atom stereocenters. The van der Waals surface area contributed by atoms with Gasteiger partial charge in [0.05, 0.1) is 20.4 Å². The van der Waals surface area contributed by atoms with Gasteiger partial charge in [0.25, 0.3) is 0 Å². The summed E-state index contributed by atoms with van der Waals surface area (Å²) in [7, 11) is 0. The van der Waals surface area contributed by atoms with Crippen LogP contribution in [0.25, 0.3) is 10.6 Å². The van der Waals surface area contributed by atoms with Crippen molar-refractivity contribution in [1.29, 1.82) is 5.26 Å². The maximum Gasteiger partial charge on any atom is 0.317 e. The molecule has 2 aromatic rings. The summed E-state index contributed by atoms with van der Waals surface area (Å²) in [5.41, 5.74) is 1.04. The van der Waals surface area contributed by atoms with E-state index in [0.29, 0.717) is 43.4 Å². The van der Waals surface area contributed by atoms with Crippen molar-refractivity contribution in [3.63, 3.8) is 0 Å². The normalized spacial score (nSPS) is 13.7. The molecule has 23 heavy (non-hydrogen) atoms. The molecule has 0 atom stereocenters. The van der Waals surface area contributed by atoms with Crippen molar-refractivity contribution in [2.75, 3.05) is 31.5 Å². The molecule has 1 aliphatic rings. The molecule has 0 bridgehead atoms. The number of anilines is 1. The van der Waals surface area contributed by atoms with Crippen LogP contribution in [0.1, 0.15) is 5.56 Å². The van der Waals surface area contributed by atoms with E-state index >= 15 is 0 Å². The minimum Gasteiger partial charge on any atom is -0.352 e. The van der Waals surface area contributed by atoms with E-state index in [9.17, 15) is 10.1 Å². The molecule has 2 N–H and O–H groups in total. The molecule has 7 nitrogen and oxygen atoms in total. The van der Waals surface area contributed by atoms with Gasteiger partial charge in [-0.1, -0.05) is 0 Å². The number of rotatable bonds is 5. The molecular weight excluding hydrogens is 380 g/mol. The van der Waals surface area contributed by atoms with Crippen LogP contribution >= 0.6 is 27.3 Å². The number of carbonyl (C=O) groups is 1. The Balaban J connectivity index is 1.71. The largest absolute Gasteiger partial charge is 0.352 e. The molecule has 0 aromatic carbocycles. The highest BCUT2D eigenvalue weighted by atomic mass is 79.9. The molecule has 3 heterocycles. The predicted octanol–water partition coefficient (Wildman–Crippen LogP) is 2.28. The molecule has 1 saturated heterocycles. The Kier molecular flexibility index (Phi) is 4.73. The highest BCUT2D eigenvalue weighted by Crippen LogP contribution is 2.32. The molecule has 0 aliphatic carbocycles. The zero-order valence-corrected chi connectivity index (χ0v) is 14.4. The molecule has 9 heteroatoms. The molecule has 0 radical (unpaired) electrons. The number of urea groups is 1. The van der Waals surface area contributed by atoms with E-state index in [1.807, 2.05) is 12.1 Å².